The standard InChI is InChI=1S/C65H91N13O17/c1-28(2)45-62(88)77-21-17-19-38(77)60(86)73(13)25-41(79)75(15)51(30(5)6)64(90)93-34(11)47(58(84)69-45)71-56(82)37-23-40(92-27-36-24-67-36)32(9)54-49(37)68-50-43(44(66)53(81)33(10)55(50)95-54)57(83)72-48-35(12)94-65(91)52(31(7)8)76(16)42(80)26-74(14)61(87)39-20-18-22-78(39)63(89)46(29(3)4)70-59(48)85/h23,28-31,34-36,38-39,45-48,51-52,67H,17-22,24-27,66H2,1-16H3,(H,69,84)(H,70,85)(H,71,82)(H,72,83)/t34-,35-,36?,38-,39-,45+,46+,47?,48?,51-,52-/m0/s1. The van der Waals surface area contributed by atoms with Crippen LogP contribution in [0.1, 0.15) is 127 Å². The molecule has 1 aliphatic carbocycles. The van der Waals surface area contributed by atoms with E-state index >= 15 is 19.2 Å². The third kappa shape index (κ3) is 14.8. The summed E-state index contributed by atoms with van der Waals surface area (Å²) in [4.78, 5) is 201. The van der Waals surface area contributed by atoms with Crippen molar-refractivity contribution in [1.29, 1.82) is 0 Å². The summed E-state index contributed by atoms with van der Waals surface area (Å²) in [5.74, 6) is -12.6. The zero-order chi connectivity index (χ0) is 70.3. The second-order valence-corrected chi connectivity index (χ2v) is 27.1. The second-order valence-electron chi connectivity index (χ2n) is 27.1. The van der Waals surface area contributed by atoms with E-state index in [4.69, 9.17) is 29.3 Å². The fraction of sp³-hybridized carbons (Fsp3) is 0.631. The Kier molecular flexibility index (Phi) is 21.9. The number of nitrogens with zero attached hydrogens (tertiary/aromatic N) is 7. The molecule has 6 aliphatic heterocycles. The van der Waals surface area contributed by atoms with Crippen molar-refractivity contribution in [3.8, 4) is 17.2 Å². The number of nitrogens with two attached hydrogens (primary N) is 1. The first-order valence-electron chi connectivity index (χ1n) is 32.4. The van der Waals surface area contributed by atoms with Crippen LogP contribution in [0.5, 0.6) is 5.75 Å². The van der Waals surface area contributed by atoms with Gasteiger partial charge in [-0.05, 0) is 83.1 Å². The number of fused-ring (bicyclic) bond motifs is 4. The van der Waals surface area contributed by atoms with E-state index in [9.17, 15) is 43.2 Å². The van der Waals surface area contributed by atoms with Crippen molar-refractivity contribution in [2.45, 2.75) is 175 Å². The number of esters is 2. The molecule has 0 bridgehead atoms. The van der Waals surface area contributed by atoms with Gasteiger partial charge in [0.2, 0.25) is 52.7 Å². The van der Waals surface area contributed by atoms with Crippen LogP contribution in [0.25, 0.3) is 22.6 Å². The molecular weight excluding hydrogens is 1230 g/mol. The molecule has 0 spiro atoms. The summed E-state index contributed by atoms with van der Waals surface area (Å²) in [6, 6.07) is -9.66. The Morgan fingerprint density at radius 2 is 1.09 bits per heavy atom. The molecular formula is C65H91N13O17. The van der Waals surface area contributed by atoms with Crippen LogP contribution in [0.4, 0.5) is 5.69 Å². The lowest BCUT2D eigenvalue weighted by Gasteiger charge is -2.36. The molecule has 0 radical (unpaired) electrons. The Hall–Kier alpha value is -8.96. The van der Waals surface area contributed by atoms with Crippen molar-refractivity contribution in [1.82, 2.24) is 61.0 Å². The lowest BCUT2D eigenvalue weighted by atomic mass is 9.98. The molecule has 95 heavy (non-hydrogen) atoms. The van der Waals surface area contributed by atoms with E-state index in [1.54, 1.807) is 62.3 Å². The molecule has 30 heteroatoms. The van der Waals surface area contributed by atoms with Gasteiger partial charge in [0.25, 0.3) is 11.8 Å². The van der Waals surface area contributed by atoms with Gasteiger partial charge in [0, 0.05) is 59.0 Å². The minimum Gasteiger partial charge on any atom is -0.491 e. The highest BCUT2D eigenvalue weighted by Crippen LogP contribution is 2.38. The maximum absolute atomic E-state index is 15.5. The number of carbonyl (C=O) groups is 12. The van der Waals surface area contributed by atoms with Crippen LogP contribution >= 0.6 is 0 Å². The third-order valence-electron chi connectivity index (χ3n) is 18.6. The van der Waals surface area contributed by atoms with E-state index in [0.29, 0.717) is 19.4 Å². The molecule has 5 fully saturated rings. The minimum absolute atomic E-state index is 0.0714. The molecule has 30 nitrogen and oxygen atoms in total. The lowest BCUT2D eigenvalue weighted by molar-refractivity contribution is -0.163. The summed E-state index contributed by atoms with van der Waals surface area (Å²) < 4.78 is 24.8. The molecule has 0 saturated carbocycles. The number of likely N-dealkylation sites (N-methyl/N-ethyl adjacent to an activating group) is 4. The van der Waals surface area contributed by atoms with Gasteiger partial charge in [-0.25, -0.2) is 14.6 Å². The topological polar surface area (TPSA) is 391 Å². The maximum atomic E-state index is 15.5. The number of aryl methyl sites for hydroxylation is 1. The van der Waals surface area contributed by atoms with E-state index in [2.05, 4.69) is 26.6 Å². The van der Waals surface area contributed by atoms with Crippen LogP contribution in [0.15, 0.2) is 15.3 Å². The van der Waals surface area contributed by atoms with Crippen LogP contribution in [-0.4, -0.2) is 239 Å². The first-order valence-corrected chi connectivity index (χ1v) is 32.4. The SMILES string of the molecule is Cc1c2oc3c(C)c(OCC4CN4)cc(C(=O)NC4C(=O)N[C@H](C(C)C)C(=O)N5CCC[C@H]5C(=O)N(C)CC(=O)N(C)[C@@H](C(C)C)C(=O)O[C@H]4C)c3nc-2c(C(=O)NC2C(=O)N[C@H](C(C)C)C(=O)N3CCC[C@H]3C(=O)N(C)CC(=O)N(C)[C@@H](C(C)C)C(=O)O[C@H]2C)c(N)c1=O. The Morgan fingerprint density at radius 3 is 1.52 bits per heavy atom. The van der Waals surface area contributed by atoms with Crippen molar-refractivity contribution < 1.29 is 76.2 Å². The van der Waals surface area contributed by atoms with E-state index in [1.807, 2.05) is 0 Å². The number of amides is 10. The zero-order valence-electron chi connectivity index (χ0n) is 57.0. The first kappa shape index (κ1) is 71.9. The van der Waals surface area contributed by atoms with Crippen molar-refractivity contribution >= 4 is 87.8 Å². The molecule has 7 N–H and O–H groups in total. The molecule has 0 aromatic heterocycles. The number of nitrogens with one attached hydrogen (secondary N) is 5. The van der Waals surface area contributed by atoms with Gasteiger partial charge in [-0.3, -0.25) is 52.7 Å². The Bertz CT molecular complexity index is 3600. The van der Waals surface area contributed by atoms with Crippen molar-refractivity contribution in [3.05, 3.63) is 38.5 Å². The number of carbonyl (C=O) groups excluding carboxylic acids is 12. The lowest BCUT2D eigenvalue weighted by Crippen LogP contribution is -2.61. The van der Waals surface area contributed by atoms with Gasteiger partial charge < -0.3 is 80.3 Å². The number of rotatable bonds is 11. The first-order chi connectivity index (χ1) is 44.6. The highest BCUT2D eigenvalue weighted by atomic mass is 16.6. The minimum atomic E-state index is -1.91. The highest BCUT2D eigenvalue weighted by Gasteiger charge is 2.47. The molecule has 6 heterocycles. The van der Waals surface area contributed by atoms with Crippen LogP contribution in [0.2, 0.25) is 0 Å². The average Bonchev–Trinajstić information content (AvgIpc) is 1.46. The Labute approximate surface area is 551 Å². The molecule has 518 valence electrons. The molecule has 5 saturated heterocycles. The summed E-state index contributed by atoms with van der Waals surface area (Å²) in [7, 11) is 5.58. The highest BCUT2D eigenvalue weighted by molar-refractivity contribution is 6.11. The zero-order valence-corrected chi connectivity index (χ0v) is 57.0. The number of ether oxygens (including phenoxy) is 3. The smallest absolute Gasteiger partial charge is 0.329 e. The van der Waals surface area contributed by atoms with Crippen LogP contribution < -0.4 is 42.5 Å². The van der Waals surface area contributed by atoms with Crippen molar-refractivity contribution in [2.24, 2.45) is 23.7 Å². The molecule has 1 aromatic rings. The van der Waals surface area contributed by atoms with E-state index in [1.165, 1.54) is 74.6 Å². The summed E-state index contributed by atoms with van der Waals surface area (Å²) in [5, 5.41) is 13.9. The van der Waals surface area contributed by atoms with Crippen molar-refractivity contribution in [2.75, 3.05) is 73.3 Å². The number of hydrogen-bond donors (Lipinski definition) is 6. The monoisotopic (exact) mass is 1330 g/mol. The van der Waals surface area contributed by atoms with Gasteiger partial charge >= 0.3 is 11.9 Å². The normalized spacial score (nSPS) is 26.8. The molecule has 7 aliphatic rings. The number of nitrogen functional groups attached to an aromatic ring is 1. The van der Waals surface area contributed by atoms with Crippen molar-refractivity contribution in [3.63, 3.8) is 0 Å². The summed E-state index contributed by atoms with van der Waals surface area (Å²) in [5.41, 5.74) is 3.21. The summed E-state index contributed by atoms with van der Waals surface area (Å²) in [6.07, 6.45) is -1.75. The van der Waals surface area contributed by atoms with Gasteiger partial charge in [0.15, 0.2) is 11.3 Å². The van der Waals surface area contributed by atoms with Gasteiger partial charge in [0.05, 0.1) is 35.9 Å². The van der Waals surface area contributed by atoms with E-state index < -0.39 is 191 Å². The van der Waals surface area contributed by atoms with Gasteiger partial charge in [-0.2, -0.15) is 0 Å². The number of anilines is 1. The Balaban J connectivity index is 1.25. The average molecular weight is 1330 g/mol. The molecule has 1 aromatic carbocycles. The number of benzene rings is 2. The summed E-state index contributed by atoms with van der Waals surface area (Å²) >= 11 is 0. The number of hydrogen-bond acceptors (Lipinski definition) is 20. The van der Waals surface area contributed by atoms with Crippen LogP contribution in [-0.2, 0) is 57.4 Å². The largest absolute Gasteiger partial charge is 0.491 e. The van der Waals surface area contributed by atoms with Gasteiger partial charge in [-0.15, -0.1) is 0 Å². The van der Waals surface area contributed by atoms with Crippen LogP contribution in [0, 0.1) is 37.5 Å². The molecule has 8 rings (SSSR count). The fourth-order valence-corrected chi connectivity index (χ4v) is 12.9. The summed E-state index contributed by atoms with van der Waals surface area (Å²) in [6.45, 7) is 19.0. The molecule has 11 atom stereocenters. The number of aromatic nitrogens is 1. The third-order valence-corrected chi connectivity index (χ3v) is 18.6. The fourth-order valence-electron chi connectivity index (χ4n) is 12.9. The molecule has 3 unspecified atom stereocenters. The van der Waals surface area contributed by atoms with E-state index in [-0.39, 0.29) is 77.9 Å². The maximum Gasteiger partial charge on any atom is 0.329 e. The number of cyclic esters (lactones) is 2. The predicted octanol–water partition coefficient (Wildman–Crippen LogP) is 0.0762. The second kappa shape index (κ2) is 28.9. The van der Waals surface area contributed by atoms with Gasteiger partial charge in [0.1, 0.15) is 84.1 Å². The van der Waals surface area contributed by atoms with E-state index in [0.717, 1.165) is 9.80 Å². The van der Waals surface area contributed by atoms with Crippen LogP contribution in [0.3, 0.4) is 0 Å². The molecule has 10 amide bonds. The predicted molar refractivity (Wildman–Crippen MR) is 343 cm³/mol. The van der Waals surface area contributed by atoms with Gasteiger partial charge in [-0.1, -0.05) is 55.4 Å². The quantitative estimate of drug-likeness (QED) is 0.0640. The Morgan fingerprint density at radius 1 is 0.653 bits per heavy atom.